The molecule has 2 rings (SSSR count). The van der Waals surface area contributed by atoms with Crippen LogP contribution in [0.2, 0.25) is 0 Å². The summed E-state index contributed by atoms with van der Waals surface area (Å²) in [5.41, 5.74) is 1.21. The Balaban J connectivity index is 1.75. The highest BCUT2D eigenvalue weighted by Crippen LogP contribution is 2.17. The SMILES string of the molecule is CC(C)NCc1nc(CN(C)CC2CCN(C)C2)cs1. The minimum absolute atomic E-state index is 0.518. The molecule has 0 saturated carbocycles. The van der Waals surface area contributed by atoms with Gasteiger partial charge in [0.25, 0.3) is 0 Å². The first-order chi connectivity index (χ1) is 9.52. The van der Waals surface area contributed by atoms with Gasteiger partial charge >= 0.3 is 0 Å². The summed E-state index contributed by atoms with van der Waals surface area (Å²) in [5, 5.41) is 6.82. The van der Waals surface area contributed by atoms with E-state index in [1.165, 1.54) is 36.8 Å². The zero-order valence-corrected chi connectivity index (χ0v) is 14.0. The summed E-state index contributed by atoms with van der Waals surface area (Å²) in [6, 6.07) is 0.518. The minimum Gasteiger partial charge on any atom is -0.308 e. The van der Waals surface area contributed by atoms with Gasteiger partial charge in [-0.05, 0) is 33.0 Å². The average Bonchev–Trinajstić information content (AvgIpc) is 2.96. The van der Waals surface area contributed by atoms with Crippen molar-refractivity contribution in [2.24, 2.45) is 5.92 Å². The molecule has 1 aromatic rings. The highest BCUT2D eigenvalue weighted by molar-refractivity contribution is 7.09. The molecule has 114 valence electrons. The van der Waals surface area contributed by atoms with Crippen molar-refractivity contribution in [1.82, 2.24) is 20.1 Å². The smallest absolute Gasteiger partial charge is 0.107 e. The molecule has 1 aliphatic rings. The molecular weight excluding hydrogens is 268 g/mol. The zero-order valence-electron chi connectivity index (χ0n) is 13.2. The summed E-state index contributed by atoms with van der Waals surface area (Å²) in [4.78, 5) is 9.56. The number of nitrogens with one attached hydrogen (secondary N) is 1. The predicted molar refractivity (Wildman–Crippen MR) is 86.0 cm³/mol. The molecule has 1 N–H and O–H groups in total. The van der Waals surface area contributed by atoms with Gasteiger partial charge in [0.15, 0.2) is 0 Å². The van der Waals surface area contributed by atoms with Crippen molar-refractivity contribution in [3.05, 3.63) is 16.1 Å². The Morgan fingerprint density at radius 3 is 3.00 bits per heavy atom. The highest BCUT2D eigenvalue weighted by atomic mass is 32.1. The first-order valence-corrected chi connectivity index (χ1v) is 8.44. The van der Waals surface area contributed by atoms with E-state index in [1.807, 2.05) is 0 Å². The molecule has 1 aliphatic heterocycles. The van der Waals surface area contributed by atoms with Crippen LogP contribution in [0.5, 0.6) is 0 Å². The summed E-state index contributed by atoms with van der Waals surface area (Å²) in [6.45, 7) is 9.87. The van der Waals surface area contributed by atoms with Crippen LogP contribution in [0.3, 0.4) is 0 Å². The summed E-state index contributed by atoms with van der Waals surface area (Å²) in [7, 11) is 4.43. The fourth-order valence-corrected chi connectivity index (χ4v) is 3.49. The summed E-state index contributed by atoms with van der Waals surface area (Å²) in [6.07, 6.45) is 1.33. The second-order valence-electron chi connectivity index (χ2n) is 6.38. The first kappa shape index (κ1) is 15.9. The molecule has 20 heavy (non-hydrogen) atoms. The van der Waals surface area contributed by atoms with E-state index in [4.69, 9.17) is 4.98 Å². The average molecular weight is 296 g/mol. The predicted octanol–water partition coefficient (Wildman–Crippen LogP) is 2.02. The molecule has 0 radical (unpaired) electrons. The van der Waals surface area contributed by atoms with E-state index < -0.39 is 0 Å². The quantitative estimate of drug-likeness (QED) is 0.834. The maximum atomic E-state index is 4.72. The topological polar surface area (TPSA) is 31.4 Å². The van der Waals surface area contributed by atoms with E-state index in [0.29, 0.717) is 6.04 Å². The molecule has 1 fully saturated rings. The van der Waals surface area contributed by atoms with Crippen LogP contribution in [0.25, 0.3) is 0 Å². The molecule has 0 bridgehead atoms. The molecule has 1 atom stereocenters. The fraction of sp³-hybridized carbons (Fsp3) is 0.800. The van der Waals surface area contributed by atoms with Gasteiger partial charge in [0, 0.05) is 37.6 Å². The molecule has 0 spiro atoms. The third-order valence-corrected chi connectivity index (χ3v) is 4.65. The molecule has 0 amide bonds. The number of nitrogens with zero attached hydrogens (tertiary/aromatic N) is 3. The summed E-state index contributed by atoms with van der Waals surface area (Å²) in [5.74, 6) is 0.825. The molecular formula is C15H28N4S. The second-order valence-corrected chi connectivity index (χ2v) is 7.32. The van der Waals surface area contributed by atoms with Gasteiger partial charge in [-0.1, -0.05) is 13.8 Å². The Bertz CT molecular complexity index is 404. The van der Waals surface area contributed by atoms with E-state index in [9.17, 15) is 0 Å². The monoisotopic (exact) mass is 296 g/mol. The number of aromatic nitrogens is 1. The lowest BCUT2D eigenvalue weighted by molar-refractivity contribution is 0.265. The molecule has 1 saturated heterocycles. The van der Waals surface area contributed by atoms with Crippen LogP contribution in [0.1, 0.15) is 31.0 Å². The normalized spacial score (nSPS) is 20.4. The van der Waals surface area contributed by atoms with Crippen LogP contribution in [0.15, 0.2) is 5.38 Å². The van der Waals surface area contributed by atoms with E-state index in [-0.39, 0.29) is 0 Å². The lowest BCUT2D eigenvalue weighted by Gasteiger charge is -2.19. The Labute approximate surface area is 127 Å². The van der Waals surface area contributed by atoms with Crippen LogP contribution < -0.4 is 5.32 Å². The van der Waals surface area contributed by atoms with Crippen LogP contribution >= 0.6 is 11.3 Å². The van der Waals surface area contributed by atoms with Crippen LogP contribution in [0.4, 0.5) is 0 Å². The van der Waals surface area contributed by atoms with Crippen LogP contribution in [0, 0.1) is 5.92 Å². The van der Waals surface area contributed by atoms with Gasteiger partial charge < -0.3 is 15.1 Å². The Kier molecular flexibility index (Phi) is 5.96. The Morgan fingerprint density at radius 2 is 2.35 bits per heavy atom. The largest absolute Gasteiger partial charge is 0.308 e. The molecule has 4 nitrogen and oxygen atoms in total. The number of thiazole rings is 1. The van der Waals surface area contributed by atoms with Gasteiger partial charge in [0.2, 0.25) is 0 Å². The van der Waals surface area contributed by atoms with Gasteiger partial charge in [0.05, 0.1) is 5.69 Å². The second kappa shape index (κ2) is 7.50. The Hall–Kier alpha value is -0.490. The van der Waals surface area contributed by atoms with E-state index in [1.54, 1.807) is 11.3 Å². The molecule has 1 aromatic heterocycles. The first-order valence-electron chi connectivity index (χ1n) is 7.56. The number of hydrogen-bond acceptors (Lipinski definition) is 5. The van der Waals surface area contributed by atoms with Crippen molar-refractivity contribution < 1.29 is 0 Å². The van der Waals surface area contributed by atoms with Crippen molar-refractivity contribution >= 4 is 11.3 Å². The van der Waals surface area contributed by atoms with Gasteiger partial charge in [0.1, 0.15) is 5.01 Å². The molecule has 5 heteroatoms. The molecule has 0 aromatic carbocycles. The summed E-state index contributed by atoms with van der Waals surface area (Å²) < 4.78 is 0. The van der Waals surface area contributed by atoms with Crippen LogP contribution in [-0.4, -0.2) is 54.6 Å². The standard InChI is InChI=1S/C15H28N4S/c1-12(2)16-7-15-17-14(11-20-15)10-19(4)9-13-5-6-18(3)8-13/h11-13,16H,5-10H2,1-4H3. The van der Waals surface area contributed by atoms with Gasteiger partial charge in [-0.25, -0.2) is 4.98 Å². The number of rotatable bonds is 7. The highest BCUT2D eigenvalue weighted by Gasteiger charge is 2.20. The van der Waals surface area contributed by atoms with Crippen molar-refractivity contribution in [2.45, 2.75) is 39.4 Å². The molecule has 1 unspecified atom stereocenters. The third kappa shape index (κ3) is 5.13. The number of hydrogen-bond donors (Lipinski definition) is 1. The van der Waals surface area contributed by atoms with E-state index >= 15 is 0 Å². The molecule has 0 aliphatic carbocycles. The number of likely N-dealkylation sites (tertiary alicyclic amines) is 1. The lowest BCUT2D eigenvalue weighted by Crippen LogP contribution is -2.27. The minimum atomic E-state index is 0.518. The molecule has 2 heterocycles. The van der Waals surface area contributed by atoms with Crippen molar-refractivity contribution in [1.29, 1.82) is 0 Å². The fourth-order valence-electron chi connectivity index (χ4n) is 2.75. The maximum Gasteiger partial charge on any atom is 0.107 e. The van der Waals surface area contributed by atoms with E-state index in [0.717, 1.165) is 19.0 Å². The van der Waals surface area contributed by atoms with Gasteiger partial charge in [-0.15, -0.1) is 11.3 Å². The third-order valence-electron chi connectivity index (χ3n) is 3.75. The summed E-state index contributed by atoms with van der Waals surface area (Å²) >= 11 is 1.77. The Morgan fingerprint density at radius 1 is 1.55 bits per heavy atom. The maximum absolute atomic E-state index is 4.72. The van der Waals surface area contributed by atoms with E-state index in [2.05, 4.69) is 48.4 Å². The van der Waals surface area contributed by atoms with Crippen molar-refractivity contribution in [3.63, 3.8) is 0 Å². The van der Waals surface area contributed by atoms with Gasteiger partial charge in [-0.3, -0.25) is 0 Å². The zero-order chi connectivity index (χ0) is 14.5. The van der Waals surface area contributed by atoms with Crippen molar-refractivity contribution in [3.8, 4) is 0 Å². The van der Waals surface area contributed by atoms with Crippen LogP contribution in [-0.2, 0) is 13.1 Å². The van der Waals surface area contributed by atoms with Gasteiger partial charge in [-0.2, -0.15) is 0 Å². The lowest BCUT2D eigenvalue weighted by atomic mass is 10.1. The van der Waals surface area contributed by atoms with Crippen molar-refractivity contribution in [2.75, 3.05) is 33.7 Å².